The summed E-state index contributed by atoms with van der Waals surface area (Å²) in [5.74, 6) is 0.763. The molecule has 6 heteroatoms. The lowest BCUT2D eigenvalue weighted by Gasteiger charge is -2.23. The molecular weight excluding hydrogens is 451 g/mol. The van der Waals surface area contributed by atoms with Crippen LogP contribution in [0, 0.1) is 5.41 Å². The third kappa shape index (κ3) is 11.2. The van der Waals surface area contributed by atoms with Crippen molar-refractivity contribution in [3.63, 3.8) is 0 Å². The number of benzene rings is 1. The molecule has 5 nitrogen and oxygen atoms in total. The molecule has 1 aromatic carbocycles. The standard InChI is InChI=1S/C21H36N4O.HI/c1-7-13-23-19(26)18-10-8-9-17(14-18)15-24-20(22-6)25-16(2)11-12-21(3,4)5;/h8-10,14,16H,7,11-13,15H2,1-6H3,(H,23,26)(H2,22,24,25);1H. The van der Waals surface area contributed by atoms with E-state index < -0.39 is 0 Å². The van der Waals surface area contributed by atoms with Crippen LogP contribution in [0.3, 0.4) is 0 Å². The second kappa shape index (κ2) is 13.0. The fourth-order valence-corrected chi connectivity index (χ4v) is 2.50. The monoisotopic (exact) mass is 488 g/mol. The molecule has 0 heterocycles. The Morgan fingerprint density at radius 2 is 1.93 bits per heavy atom. The van der Waals surface area contributed by atoms with Gasteiger partial charge in [0.1, 0.15) is 0 Å². The number of nitrogens with zero attached hydrogens (tertiary/aromatic N) is 1. The van der Waals surface area contributed by atoms with Crippen molar-refractivity contribution in [3.8, 4) is 0 Å². The van der Waals surface area contributed by atoms with Gasteiger partial charge in [-0.1, -0.05) is 39.8 Å². The van der Waals surface area contributed by atoms with Gasteiger partial charge in [0.25, 0.3) is 5.91 Å². The molecule has 1 atom stereocenters. The first-order valence-electron chi connectivity index (χ1n) is 9.59. The minimum atomic E-state index is -0.0213. The Bertz CT molecular complexity index is 596. The van der Waals surface area contributed by atoms with E-state index in [1.807, 2.05) is 31.2 Å². The van der Waals surface area contributed by atoms with Gasteiger partial charge in [0, 0.05) is 31.7 Å². The maximum absolute atomic E-state index is 12.1. The van der Waals surface area contributed by atoms with Crippen LogP contribution in [0.1, 0.15) is 69.8 Å². The highest BCUT2D eigenvalue weighted by Crippen LogP contribution is 2.21. The number of nitrogens with one attached hydrogen (secondary N) is 3. The fourth-order valence-electron chi connectivity index (χ4n) is 2.50. The molecule has 27 heavy (non-hydrogen) atoms. The molecule has 0 bridgehead atoms. The average Bonchev–Trinajstić information content (AvgIpc) is 2.61. The normalized spacial score (nSPS) is 12.7. The number of carbonyl (C=O) groups excluding carboxylic acids is 1. The number of amides is 1. The third-order valence-electron chi connectivity index (χ3n) is 4.12. The lowest BCUT2D eigenvalue weighted by atomic mass is 9.89. The molecule has 0 aromatic heterocycles. The first-order valence-corrected chi connectivity index (χ1v) is 9.59. The maximum atomic E-state index is 12.1. The molecule has 1 rings (SSSR count). The molecule has 3 N–H and O–H groups in total. The number of rotatable bonds is 8. The van der Waals surface area contributed by atoms with Crippen LogP contribution < -0.4 is 16.0 Å². The number of hydrogen-bond donors (Lipinski definition) is 3. The molecule has 0 saturated heterocycles. The van der Waals surface area contributed by atoms with Crippen LogP contribution in [-0.4, -0.2) is 31.5 Å². The zero-order valence-corrected chi connectivity index (χ0v) is 20.0. The lowest BCUT2D eigenvalue weighted by Crippen LogP contribution is -2.42. The van der Waals surface area contributed by atoms with E-state index in [0.717, 1.165) is 30.8 Å². The van der Waals surface area contributed by atoms with Crippen molar-refractivity contribution < 1.29 is 4.79 Å². The van der Waals surface area contributed by atoms with E-state index >= 15 is 0 Å². The molecule has 0 fully saturated rings. The van der Waals surface area contributed by atoms with E-state index in [9.17, 15) is 4.79 Å². The first-order chi connectivity index (χ1) is 12.2. The van der Waals surface area contributed by atoms with Gasteiger partial charge >= 0.3 is 0 Å². The molecule has 1 amide bonds. The summed E-state index contributed by atoms with van der Waals surface area (Å²) in [6, 6.07) is 8.05. The molecular formula is C21H37IN4O. The van der Waals surface area contributed by atoms with Crippen LogP contribution in [0.25, 0.3) is 0 Å². The van der Waals surface area contributed by atoms with Crippen LogP contribution in [0.4, 0.5) is 0 Å². The van der Waals surface area contributed by atoms with E-state index in [0.29, 0.717) is 30.1 Å². The van der Waals surface area contributed by atoms with Gasteiger partial charge in [0.05, 0.1) is 0 Å². The molecule has 1 unspecified atom stereocenters. The molecule has 154 valence electrons. The smallest absolute Gasteiger partial charge is 0.251 e. The Morgan fingerprint density at radius 3 is 2.52 bits per heavy atom. The summed E-state index contributed by atoms with van der Waals surface area (Å²) < 4.78 is 0. The lowest BCUT2D eigenvalue weighted by molar-refractivity contribution is 0.0953. The molecule has 0 spiro atoms. The Labute approximate surface area is 182 Å². The largest absolute Gasteiger partial charge is 0.354 e. The number of aliphatic imine (C=N–C) groups is 1. The van der Waals surface area contributed by atoms with Crippen molar-refractivity contribution in [1.29, 1.82) is 0 Å². The minimum absolute atomic E-state index is 0. The van der Waals surface area contributed by atoms with Gasteiger partial charge in [0.2, 0.25) is 0 Å². The predicted molar refractivity (Wildman–Crippen MR) is 126 cm³/mol. The van der Waals surface area contributed by atoms with Gasteiger partial charge in [-0.05, 0) is 49.3 Å². The Hall–Kier alpha value is -1.31. The van der Waals surface area contributed by atoms with Crippen molar-refractivity contribution in [3.05, 3.63) is 35.4 Å². The summed E-state index contributed by atoms with van der Waals surface area (Å²) in [6.07, 6.45) is 3.19. The summed E-state index contributed by atoms with van der Waals surface area (Å²) >= 11 is 0. The molecule has 0 saturated carbocycles. The summed E-state index contributed by atoms with van der Waals surface area (Å²) in [5, 5.41) is 9.67. The van der Waals surface area contributed by atoms with E-state index in [1.54, 1.807) is 7.05 Å². The summed E-state index contributed by atoms with van der Waals surface area (Å²) in [7, 11) is 1.78. The summed E-state index contributed by atoms with van der Waals surface area (Å²) in [4.78, 5) is 16.4. The Morgan fingerprint density at radius 1 is 1.22 bits per heavy atom. The van der Waals surface area contributed by atoms with E-state index in [4.69, 9.17) is 0 Å². The number of hydrogen-bond acceptors (Lipinski definition) is 2. The third-order valence-corrected chi connectivity index (χ3v) is 4.12. The molecule has 0 aliphatic heterocycles. The Balaban J connectivity index is 0.00000676. The molecule has 0 aliphatic rings. The topological polar surface area (TPSA) is 65.5 Å². The van der Waals surface area contributed by atoms with Gasteiger partial charge in [-0.3, -0.25) is 9.79 Å². The maximum Gasteiger partial charge on any atom is 0.251 e. The number of guanidine groups is 1. The van der Waals surface area contributed by atoms with Crippen LogP contribution in [0.5, 0.6) is 0 Å². The van der Waals surface area contributed by atoms with Crippen LogP contribution >= 0.6 is 24.0 Å². The van der Waals surface area contributed by atoms with Crippen molar-refractivity contribution in [2.75, 3.05) is 13.6 Å². The van der Waals surface area contributed by atoms with Gasteiger partial charge in [0.15, 0.2) is 5.96 Å². The van der Waals surface area contributed by atoms with E-state index in [2.05, 4.69) is 48.6 Å². The van der Waals surface area contributed by atoms with Crippen molar-refractivity contribution >= 4 is 35.8 Å². The molecule has 0 radical (unpaired) electrons. The summed E-state index contributed by atoms with van der Waals surface area (Å²) in [6.45, 7) is 12.3. The highest BCUT2D eigenvalue weighted by atomic mass is 127. The van der Waals surface area contributed by atoms with Gasteiger partial charge < -0.3 is 16.0 Å². The van der Waals surface area contributed by atoms with Gasteiger partial charge in [-0.15, -0.1) is 24.0 Å². The predicted octanol–water partition coefficient (Wildman–Crippen LogP) is 4.32. The van der Waals surface area contributed by atoms with E-state index in [-0.39, 0.29) is 29.9 Å². The van der Waals surface area contributed by atoms with Crippen LogP contribution in [-0.2, 0) is 6.54 Å². The van der Waals surface area contributed by atoms with Crippen molar-refractivity contribution in [2.45, 2.75) is 66.5 Å². The summed E-state index contributed by atoms with van der Waals surface area (Å²) in [5.41, 5.74) is 2.09. The van der Waals surface area contributed by atoms with Crippen LogP contribution in [0.15, 0.2) is 29.3 Å². The zero-order chi connectivity index (χ0) is 19.6. The minimum Gasteiger partial charge on any atom is -0.354 e. The highest BCUT2D eigenvalue weighted by molar-refractivity contribution is 14.0. The SMILES string of the molecule is CCCNC(=O)c1cccc(CNC(=NC)NC(C)CCC(C)(C)C)c1.I. The van der Waals surface area contributed by atoms with Gasteiger partial charge in [-0.2, -0.15) is 0 Å². The molecule has 0 aliphatic carbocycles. The molecule has 1 aromatic rings. The fraction of sp³-hybridized carbons (Fsp3) is 0.619. The first kappa shape index (κ1) is 25.7. The number of carbonyl (C=O) groups is 1. The van der Waals surface area contributed by atoms with Crippen molar-refractivity contribution in [2.24, 2.45) is 10.4 Å². The second-order valence-electron chi connectivity index (χ2n) is 8.03. The number of halogens is 1. The van der Waals surface area contributed by atoms with Crippen LogP contribution in [0.2, 0.25) is 0 Å². The second-order valence-corrected chi connectivity index (χ2v) is 8.03. The average molecular weight is 488 g/mol. The Kier molecular flexibility index (Phi) is 12.3. The quantitative estimate of drug-likeness (QED) is 0.290. The van der Waals surface area contributed by atoms with Gasteiger partial charge in [-0.25, -0.2) is 0 Å². The van der Waals surface area contributed by atoms with E-state index in [1.165, 1.54) is 0 Å². The highest BCUT2D eigenvalue weighted by Gasteiger charge is 2.13. The van der Waals surface area contributed by atoms with Crippen molar-refractivity contribution in [1.82, 2.24) is 16.0 Å². The zero-order valence-electron chi connectivity index (χ0n) is 17.7.